The van der Waals surface area contributed by atoms with Gasteiger partial charge in [0.15, 0.2) is 0 Å². The number of carbonyl (C=O) groups is 1. The summed E-state index contributed by atoms with van der Waals surface area (Å²) in [6, 6.07) is 1.79. The van der Waals surface area contributed by atoms with Gasteiger partial charge in [0, 0.05) is 18.1 Å². The van der Waals surface area contributed by atoms with Gasteiger partial charge < -0.3 is 9.14 Å². The third-order valence-electron chi connectivity index (χ3n) is 2.40. The summed E-state index contributed by atoms with van der Waals surface area (Å²) >= 11 is 0. The number of imidazole rings is 1. The Hall–Kier alpha value is -1.84. The Kier molecular flexibility index (Phi) is 2.19. The van der Waals surface area contributed by atoms with Gasteiger partial charge in [-0.25, -0.2) is 9.78 Å². The van der Waals surface area contributed by atoms with E-state index in [9.17, 15) is 4.79 Å². The minimum atomic E-state index is -0.326. The summed E-state index contributed by atoms with van der Waals surface area (Å²) in [4.78, 5) is 15.6. The van der Waals surface area contributed by atoms with Crippen molar-refractivity contribution in [1.29, 1.82) is 0 Å². The molecule has 78 valence electrons. The molecule has 2 aromatic heterocycles. The number of hydrogen-bond acceptors (Lipinski definition) is 3. The first-order valence-corrected chi connectivity index (χ1v) is 4.66. The van der Waals surface area contributed by atoms with E-state index in [2.05, 4.69) is 9.72 Å². The topological polar surface area (TPSA) is 43.6 Å². The molecule has 0 aliphatic heterocycles. The van der Waals surface area contributed by atoms with Crippen LogP contribution in [-0.4, -0.2) is 22.5 Å². The van der Waals surface area contributed by atoms with E-state index in [1.807, 2.05) is 18.2 Å². The van der Waals surface area contributed by atoms with Crippen LogP contribution in [0.1, 0.15) is 21.6 Å². The van der Waals surface area contributed by atoms with Gasteiger partial charge in [0.1, 0.15) is 5.65 Å². The standard InChI is InChI=1S/C11H12N2O2/c1-7-4-9(11(14)15-3)6-13-8(2)5-12-10(7)13/h4-6H,1-3H3. The molecular formula is C11H12N2O2. The smallest absolute Gasteiger partial charge is 0.339 e. The largest absolute Gasteiger partial charge is 0.465 e. The molecule has 0 saturated carbocycles. The average molecular weight is 204 g/mol. The number of fused-ring (bicyclic) bond motifs is 1. The molecule has 0 N–H and O–H groups in total. The van der Waals surface area contributed by atoms with Crippen LogP contribution in [0.3, 0.4) is 0 Å². The number of aryl methyl sites for hydroxylation is 2. The van der Waals surface area contributed by atoms with Crippen molar-refractivity contribution in [3.05, 3.63) is 35.3 Å². The van der Waals surface area contributed by atoms with Crippen molar-refractivity contribution in [3.8, 4) is 0 Å². The molecule has 2 heterocycles. The summed E-state index contributed by atoms with van der Waals surface area (Å²) in [5.74, 6) is -0.326. The van der Waals surface area contributed by atoms with Gasteiger partial charge in [0.2, 0.25) is 0 Å². The maximum absolute atomic E-state index is 11.4. The third kappa shape index (κ3) is 1.48. The maximum atomic E-state index is 11.4. The molecule has 0 unspecified atom stereocenters. The van der Waals surface area contributed by atoms with Gasteiger partial charge in [-0.2, -0.15) is 0 Å². The van der Waals surface area contributed by atoms with Crippen molar-refractivity contribution in [3.63, 3.8) is 0 Å². The molecule has 0 aromatic carbocycles. The Labute approximate surface area is 87.5 Å². The highest BCUT2D eigenvalue weighted by atomic mass is 16.5. The number of rotatable bonds is 1. The highest BCUT2D eigenvalue weighted by molar-refractivity contribution is 5.89. The van der Waals surface area contributed by atoms with Crippen LogP contribution in [0.4, 0.5) is 0 Å². The lowest BCUT2D eigenvalue weighted by Gasteiger charge is -2.04. The molecule has 0 atom stereocenters. The minimum Gasteiger partial charge on any atom is -0.465 e. The summed E-state index contributed by atoms with van der Waals surface area (Å²) in [5.41, 5.74) is 3.38. The number of hydrogen-bond donors (Lipinski definition) is 0. The number of esters is 1. The van der Waals surface area contributed by atoms with E-state index in [1.165, 1.54) is 7.11 Å². The molecule has 0 spiro atoms. The first kappa shape index (κ1) is 9.71. The summed E-state index contributed by atoms with van der Waals surface area (Å²) in [6.07, 6.45) is 3.53. The second-order valence-electron chi connectivity index (χ2n) is 3.50. The number of ether oxygens (including phenoxy) is 1. The molecule has 0 bridgehead atoms. The Bertz CT molecular complexity index is 529. The first-order valence-electron chi connectivity index (χ1n) is 4.66. The quantitative estimate of drug-likeness (QED) is 0.664. The Morgan fingerprint density at radius 1 is 1.47 bits per heavy atom. The zero-order valence-electron chi connectivity index (χ0n) is 8.94. The normalized spacial score (nSPS) is 10.6. The fourth-order valence-electron chi connectivity index (χ4n) is 1.60. The highest BCUT2D eigenvalue weighted by Crippen LogP contribution is 2.14. The SMILES string of the molecule is COC(=O)c1cc(C)c2ncc(C)n2c1. The van der Waals surface area contributed by atoms with Crippen LogP contribution in [0.2, 0.25) is 0 Å². The van der Waals surface area contributed by atoms with Gasteiger partial charge in [-0.15, -0.1) is 0 Å². The van der Waals surface area contributed by atoms with Crippen molar-refractivity contribution in [2.45, 2.75) is 13.8 Å². The molecule has 2 aromatic rings. The summed E-state index contributed by atoms with van der Waals surface area (Å²) in [6.45, 7) is 3.87. The van der Waals surface area contributed by atoms with Crippen LogP contribution in [0, 0.1) is 13.8 Å². The predicted molar refractivity (Wildman–Crippen MR) is 56.0 cm³/mol. The van der Waals surface area contributed by atoms with E-state index in [4.69, 9.17) is 0 Å². The third-order valence-corrected chi connectivity index (χ3v) is 2.40. The van der Waals surface area contributed by atoms with Gasteiger partial charge in [-0.1, -0.05) is 0 Å². The number of pyridine rings is 1. The van der Waals surface area contributed by atoms with E-state index in [1.54, 1.807) is 18.5 Å². The van der Waals surface area contributed by atoms with Crippen molar-refractivity contribution in [2.75, 3.05) is 7.11 Å². The Balaban J connectivity index is 2.70. The van der Waals surface area contributed by atoms with Crippen LogP contribution in [0.15, 0.2) is 18.5 Å². The lowest BCUT2D eigenvalue weighted by molar-refractivity contribution is 0.0600. The molecule has 4 heteroatoms. The monoisotopic (exact) mass is 204 g/mol. The number of aromatic nitrogens is 2. The number of nitrogens with zero attached hydrogens (tertiary/aromatic N) is 2. The molecule has 0 aliphatic carbocycles. The van der Waals surface area contributed by atoms with E-state index in [-0.39, 0.29) is 5.97 Å². The van der Waals surface area contributed by atoms with Crippen LogP contribution in [0.25, 0.3) is 5.65 Å². The van der Waals surface area contributed by atoms with Gasteiger partial charge in [-0.3, -0.25) is 0 Å². The first-order chi connectivity index (χ1) is 7.13. The fourth-order valence-corrected chi connectivity index (χ4v) is 1.60. The lowest BCUT2D eigenvalue weighted by Crippen LogP contribution is -2.04. The Morgan fingerprint density at radius 3 is 2.87 bits per heavy atom. The van der Waals surface area contributed by atoms with Crippen molar-refractivity contribution in [1.82, 2.24) is 9.38 Å². The predicted octanol–water partition coefficient (Wildman–Crippen LogP) is 1.74. The van der Waals surface area contributed by atoms with Gasteiger partial charge in [0.25, 0.3) is 0 Å². The summed E-state index contributed by atoms with van der Waals surface area (Å²) in [5, 5.41) is 0. The van der Waals surface area contributed by atoms with E-state index in [0.717, 1.165) is 16.9 Å². The summed E-state index contributed by atoms with van der Waals surface area (Å²) in [7, 11) is 1.38. The fraction of sp³-hybridized carbons (Fsp3) is 0.273. The minimum absolute atomic E-state index is 0.326. The van der Waals surface area contributed by atoms with Crippen molar-refractivity contribution >= 4 is 11.6 Å². The molecule has 0 saturated heterocycles. The molecular weight excluding hydrogens is 192 g/mol. The average Bonchev–Trinajstić information content (AvgIpc) is 2.60. The van der Waals surface area contributed by atoms with E-state index in [0.29, 0.717) is 5.56 Å². The molecule has 0 fully saturated rings. The second kappa shape index (κ2) is 3.38. The van der Waals surface area contributed by atoms with Gasteiger partial charge >= 0.3 is 5.97 Å². The van der Waals surface area contributed by atoms with Crippen LogP contribution >= 0.6 is 0 Å². The van der Waals surface area contributed by atoms with Crippen LogP contribution < -0.4 is 0 Å². The maximum Gasteiger partial charge on any atom is 0.339 e. The van der Waals surface area contributed by atoms with E-state index < -0.39 is 0 Å². The molecule has 4 nitrogen and oxygen atoms in total. The van der Waals surface area contributed by atoms with Gasteiger partial charge in [-0.05, 0) is 25.5 Å². The highest BCUT2D eigenvalue weighted by Gasteiger charge is 2.10. The van der Waals surface area contributed by atoms with Crippen molar-refractivity contribution in [2.24, 2.45) is 0 Å². The Morgan fingerprint density at radius 2 is 2.20 bits per heavy atom. The van der Waals surface area contributed by atoms with E-state index >= 15 is 0 Å². The van der Waals surface area contributed by atoms with Gasteiger partial charge in [0.05, 0.1) is 12.7 Å². The number of carbonyl (C=O) groups excluding carboxylic acids is 1. The zero-order chi connectivity index (χ0) is 11.0. The second-order valence-corrected chi connectivity index (χ2v) is 3.50. The molecule has 0 aliphatic rings. The number of methoxy groups -OCH3 is 1. The van der Waals surface area contributed by atoms with Crippen molar-refractivity contribution < 1.29 is 9.53 Å². The lowest BCUT2D eigenvalue weighted by atomic mass is 10.2. The van der Waals surface area contributed by atoms with Crippen LogP contribution in [-0.2, 0) is 4.74 Å². The molecule has 2 rings (SSSR count). The zero-order valence-corrected chi connectivity index (χ0v) is 8.94. The molecule has 15 heavy (non-hydrogen) atoms. The summed E-state index contributed by atoms with van der Waals surface area (Å²) < 4.78 is 6.57. The molecule has 0 radical (unpaired) electrons. The molecule has 0 amide bonds. The van der Waals surface area contributed by atoms with Crippen LogP contribution in [0.5, 0.6) is 0 Å².